The molecule has 0 aromatic heterocycles. The van der Waals surface area contributed by atoms with Crippen molar-refractivity contribution in [2.24, 2.45) is 0 Å². The number of halogens is 3. The van der Waals surface area contributed by atoms with Crippen molar-refractivity contribution in [1.29, 1.82) is 0 Å². The number of morpholine rings is 1. The Kier molecular flexibility index (Phi) is 7.03. The maximum atomic E-state index is 12.6. The van der Waals surface area contributed by atoms with Gasteiger partial charge in [-0.3, -0.25) is 4.79 Å². The number of rotatable bonds is 6. The fourth-order valence-corrected chi connectivity index (χ4v) is 2.55. The number of benzene rings is 1. The number of carbonyl (C=O) groups is 1. The number of nitrogens with one attached hydrogen (secondary N) is 2. The first-order valence-corrected chi connectivity index (χ1v) is 7.57. The highest BCUT2D eigenvalue weighted by molar-refractivity contribution is 5.85. The second-order valence-corrected chi connectivity index (χ2v) is 5.40. The van der Waals surface area contributed by atoms with Gasteiger partial charge in [0.2, 0.25) is 12.7 Å². The van der Waals surface area contributed by atoms with E-state index in [9.17, 15) is 13.6 Å². The van der Waals surface area contributed by atoms with Crippen LogP contribution in [0.5, 0.6) is 17.2 Å². The summed E-state index contributed by atoms with van der Waals surface area (Å²) in [5, 5.41) is 5.87. The van der Waals surface area contributed by atoms with Crippen LogP contribution in [0.1, 0.15) is 12.0 Å². The van der Waals surface area contributed by atoms with Gasteiger partial charge in [0.1, 0.15) is 5.75 Å². The molecule has 1 aromatic rings. The van der Waals surface area contributed by atoms with Crippen LogP contribution in [0.2, 0.25) is 0 Å². The van der Waals surface area contributed by atoms with Gasteiger partial charge >= 0.3 is 6.61 Å². The van der Waals surface area contributed by atoms with Crippen molar-refractivity contribution in [3.63, 3.8) is 0 Å². The number of ether oxygens (including phenoxy) is 4. The summed E-state index contributed by atoms with van der Waals surface area (Å²) >= 11 is 0. The zero-order valence-corrected chi connectivity index (χ0v) is 14.1. The van der Waals surface area contributed by atoms with Gasteiger partial charge in [0, 0.05) is 37.2 Å². The van der Waals surface area contributed by atoms with Crippen molar-refractivity contribution >= 4 is 18.3 Å². The maximum Gasteiger partial charge on any atom is 0.387 e. The molecule has 1 amide bonds. The number of fused-ring (bicyclic) bond motifs is 1. The van der Waals surface area contributed by atoms with Gasteiger partial charge in [-0.15, -0.1) is 12.4 Å². The van der Waals surface area contributed by atoms with E-state index in [4.69, 9.17) is 14.2 Å². The molecule has 1 aromatic carbocycles. The largest absolute Gasteiger partial charge is 0.454 e. The van der Waals surface area contributed by atoms with Gasteiger partial charge in [-0.05, 0) is 6.07 Å². The molecular weight excluding hydrogens is 362 g/mol. The van der Waals surface area contributed by atoms with E-state index in [-0.39, 0.29) is 49.9 Å². The Morgan fingerprint density at radius 3 is 2.80 bits per heavy atom. The first-order valence-electron chi connectivity index (χ1n) is 7.57. The van der Waals surface area contributed by atoms with E-state index in [1.54, 1.807) is 0 Å². The van der Waals surface area contributed by atoms with E-state index < -0.39 is 6.61 Å². The lowest BCUT2D eigenvalue weighted by Gasteiger charge is -2.23. The Balaban J connectivity index is 0.00000225. The molecule has 0 spiro atoms. The van der Waals surface area contributed by atoms with Gasteiger partial charge in [0.25, 0.3) is 0 Å². The monoisotopic (exact) mass is 380 g/mol. The lowest BCUT2D eigenvalue weighted by Crippen LogP contribution is -2.44. The molecule has 140 valence electrons. The molecule has 25 heavy (non-hydrogen) atoms. The lowest BCUT2D eigenvalue weighted by atomic mass is 10.1. The molecule has 2 heterocycles. The van der Waals surface area contributed by atoms with E-state index in [2.05, 4.69) is 15.4 Å². The van der Waals surface area contributed by atoms with Gasteiger partial charge in [0.15, 0.2) is 11.5 Å². The zero-order chi connectivity index (χ0) is 16.9. The van der Waals surface area contributed by atoms with Gasteiger partial charge in [0.05, 0.1) is 13.2 Å². The van der Waals surface area contributed by atoms with Crippen LogP contribution in [0.3, 0.4) is 0 Å². The third kappa shape index (κ3) is 5.32. The molecule has 0 aliphatic carbocycles. The molecule has 3 rings (SSSR count). The molecule has 7 nitrogen and oxygen atoms in total. The maximum absolute atomic E-state index is 12.6. The number of carbonyl (C=O) groups excluding carboxylic acids is 1. The smallest absolute Gasteiger partial charge is 0.387 e. The molecular formula is C15H19ClF2N2O5. The second kappa shape index (κ2) is 9.02. The molecule has 10 heteroatoms. The van der Waals surface area contributed by atoms with Crippen LogP contribution < -0.4 is 24.8 Å². The SMILES string of the molecule is Cl.O=C(CC1COCCN1)NCc1cc2c(cc1OC(F)F)OCO2. The Bertz CT molecular complexity index is 600. The van der Waals surface area contributed by atoms with Crippen LogP contribution in [0.4, 0.5) is 8.78 Å². The zero-order valence-electron chi connectivity index (χ0n) is 13.3. The highest BCUT2D eigenvalue weighted by Gasteiger charge is 2.21. The van der Waals surface area contributed by atoms with Crippen LogP contribution in [-0.2, 0) is 16.1 Å². The minimum absolute atomic E-state index is 0. The van der Waals surface area contributed by atoms with E-state index in [0.29, 0.717) is 36.8 Å². The molecule has 0 radical (unpaired) electrons. The third-order valence-electron chi connectivity index (χ3n) is 3.68. The Morgan fingerprint density at radius 1 is 1.36 bits per heavy atom. The highest BCUT2D eigenvalue weighted by Crippen LogP contribution is 2.38. The summed E-state index contributed by atoms with van der Waals surface area (Å²) in [7, 11) is 0. The number of alkyl halides is 2. The normalized spacial score (nSPS) is 18.6. The predicted molar refractivity (Wildman–Crippen MR) is 85.5 cm³/mol. The summed E-state index contributed by atoms with van der Waals surface area (Å²) in [5.74, 6) is 0.514. The summed E-state index contributed by atoms with van der Waals surface area (Å²) in [6.45, 7) is -1.10. The number of hydrogen-bond donors (Lipinski definition) is 2. The van der Waals surface area contributed by atoms with E-state index >= 15 is 0 Å². The summed E-state index contributed by atoms with van der Waals surface area (Å²) in [5.41, 5.74) is 0.390. The molecule has 1 atom stereocenters. The quantitative estimate of drug-likeness (QED) is 0.777. The number of amides is 1. The third-order valence-corrected chi connectivity index (χ3v) is 3.68. The van der Waals surface area contributed by atoms with Crippen molar-refractivity contribution in [2.45, 2.75) is 25.6 Å². The molecule has 2 aliphatic heterocycles. The van der Waals surface area contributed by atoms with Crippen molar-refractivity contribution < 1.29 is 32.5 Å². The average molecular weight is 381 g/mol. The minimum atomic E-state index is -2.97. The summed E-state index contributed by atoms with van der Waals surface area (Å²) in [4.78, 5) is 12.0. The van der Waals surface area contributed by atoms with Crippen LogP contribution in [0.25, 0.3) is 0 Å². The van der Waals surface area contributed by atoms with Crippen molar-refractivity contribution in [1.82, 2.24) is 10.6 Å². The molecule has 1 unspecified atom stereocenters. The van der Waals surface area contributed by atoms with E-state index in [0.717, 1.165) is 0 Å². The Labute approximate surface area is 149 Å². The highest BCUT2D eigenvalue weighted by atomic mass is 35.5. The molecule has 2 N–H and O–H groups in total. The van der Waals surface area contributed by atoms with E-state index in [1.807, 2.05) is 0 Å². The topological polar surface area (TPSA) is 78.1 Å². The van der Waals surface area contributed by atoms with Crippen LogP contribution in [-0.4, -0.2) is 45.1 Å². The van der Waals surface area contributed by atoms with Crippen LogP contribution in [0.15, 0.2) is 12.1 Å². The van der Waals surface area contributed by atoms with Crippen LogP contribution in [0, 0.1) is 0 Å². The predicted octanol–water partition coefficient (Wildman–Crippen LogP) is 1.43. The molecule has 2 aliphatic rings. The van der Waals surface area contributed by atoms with Gasteiger partial charge < -0.3 is 29.6 Å². The van der Waals surface area contributed by atoms with Crippen molar-refractivity contribution in [2.75, 3.05) is 26.6 Å². The fraction of sp³-hybridized carbons (Fsp3) is 0.533. The fourth-order valence-electron chi connectivity index (χ4n) is 2.55. The van der Waals surface area contributed by atoms with Crippen molar-refractivity contribution in [3.05, 3.63) is 17.7 Å². The average Bonchev–Trinajstić information content (AvgIpc) is 3.00. The van der Waals surface area contributed by atoms with Gasteiger partial charge in [-0.25, -0.2) is 0 Å². The van der Waals surface area contributed by atoms with E-state index in [1.165, 1.54) is 12.1 Å². The Hall–Kier alpha value is -1.84. The minimum Gasteiger partial charge on any atom is -0.454 e. The summed E-state index contributed by atoms with van der Waals surface area (Å²) in [6, 6.07) is 2.82. The molecule has 0 saturated carbocycles. The summed E-state index contributed by atoms with van der Waals surface area (Å²) in [6.07, 6.45) is 0.246. The van der Waals surface area contributed by atoms with Gasteiger partial charge in [-0.1, -0.05) is 0 Å². The standard InChI is InChI=1S/C15H18F2N2O5.ClH/c16-15(17)24-11-5-13-12(22-8-23-13)3-9(11)6-19-14(20)4-10-7-21-2-1-18-10;/h3,5,10,15,18H,1-2,4,6-8H2,(H,19,20);1H. The second-order valence-electron chi connectivity index (χ2n) is 5.40. The summed E-state index contributed by atoms with van der Waals surface area (Å²) < 4.78 is 45.3. The lowest BCUT2D eigenvalue weighted by molar-refractivity contribution is -0.122. The van der Waals surface area contributed by atoms with Crippen LogP contribution >= 0.6 is 12.4 Å². The first kappa shape index (κ1) is 19.5. The molecule has 0 bridgehead atoms. The molecule has 1 saturated heterocycles. The van der Waals surface area contributed by atoms with Crippen molar-refractivity contribution in [3.8, 4) is 17.2 Å². The van der Waals surface area contributed by atoms with Gasteiger partial charge in [-0.2, -0.15) is 8.78 Å². The Morgan fingerprint density at radius 2 is 2.12 bits per heavy atom. The first-order chi connectivity index (χ1) is 11.6. The number of hydrogen-bond acceptors (Lipinski definition) is 6. The molecule has 1 fully saturated rings.